The first-order chi connectivity index (χ1) is 47.5. The maximum atomic E-state index is 13.0. The minimum absolute atomic E-state index is 0.00418. The molecule has 516 valence electrons. The molecule has 3 aliphatic carbocycles. The first-order valence-electron chi connectivity index (χ1n) is 34.2. The third-order valence-corrected chi connectivity index (χ3v) is 17.0. The van der Waals surface area contributed by atoms with Gasteiger partial charge in [0.2, 0.25) is 17.7 Å². The maximum absolute atomic E-state index is 13.0. The number of carbonyl (C=O) groups excluding carboxylic acids is 6. The molecule has 6 amide bonds. The zero-order chi connectivity index (χ0) is 70.4. The van der Waals surface area contributed by atoms with Crippen LogP contribution in [0.3, 0.4) is 0 Å². The summed E-state index contributed by atoms with van der Waals surface area (Å²) in [5.74, 6) is 1.39. The number of nitrogens with zero attached hydrogens (tertiary/aromatic N) is 6. The Labute approximate surface area is 577 Å². The van der Waals surface area contributed by atoms with Crippen LogP contribution in [0, 0.1) is 31.6 Å². The molecule has 9 N–H and O–H groups in total. The molecule has 21 nitrogen and oxygen atoms in total. The molecule has 3 heterocycles. The predicted octanol–water partition coefficient (Wildman–Crippen LogP) is 15.3. The fourth-order valence-electron chi connectivity index (χ4n) is 11.5. The minimum Gasteiger partial charge on any atom is -0.507 e. The Balaban J connectivity index is 0.000000161. The normalized spacial score (nSPS) is 13.2. The average molecular weight is 1340 g/mol. The Morgan fingerprint density at radius 1 is 0.424 bits per heavy atom. The fourth-order valence-corrected chi connectivity index (χ4v) is 11.5. The van der Waals surface area contributed by atoms with Gasteiger partial charge in [0.1, 0.15) is 17.2 Å². The molecule has 3 saturated carbocycles. The molecule has 0 atom stereocenters. The van der Waals surface area contributed by atoms with Gasteiger partial charge in [0.15, 0.2) is 0 Å². The van der Waals surface area contributed by atoms with Crippen molar-refractivity contribution in [3.05, 3.63) is 197 Å². The maximum Gasteiger partial charge on any atom is 0.342 e. The summed E-state index contributed by atoms with van der Waals surface area (Å²) in [6.07, 6.45) is 8.09. The number of phenolic OH excluding ortho intramolecular Hbond substituents is 3. The van der Waals surface area contributed by atoms with Crippen molar-refractivity contribution in [3.8, 4) is 51.0 Å². The van der Waals surface area contributed by atoms with E-state index in [-0.39, 0.29) is 70.8 Å². The van der Waals surface area contributed by atoms with Crippen LogP contribution in [0.4, 0.5) is 31.4 Å². The largest absolute Gasteiger partial charge is 0.507 e. The van der Waals surface area contributed by atoms with Crippen LogP contribution in [0.5, 0.6) is 17.2 Å². The zero-order valence-corrected chi connectivity index (χ0v) is 57.6. The van der Waals surface area contributed by atoms with Crippen LogP contribution in [0.2, 0.25) is 0 Å². The molecule has 0 unspecified atom stereocenters. The lowest BCUT2D eigenvalue weighted by Gasteiger charge is -2.10. The average Bonchev–Trinajstić information content (AvgIpc) is 1.65. The van der Waals surface area contributed by atoms with Gasteiger partial charge in [-0.2, -0.15) is 29.3 Å². The molecule has 3 fully saturated rings. The van der Waals surface area contributed by atoms with Crippen LogP contribution in [-0.2, 0) is 33.9 Å². The second-order valence-corrected chi connectivity index (χ2v) is 27.3. The number of aryl methyl sites for hydroxylation is 2. The summed E-state index contributed by atoms with van der Waals surface area (Å²) in [7, 11) is 0. The molecule has 0 saturated heterocycles. The lowest BCUT2D eigenvalue weighted by molar-refractivity contribution is -0.117. The predicted molar refractivity (Wildman–Crippen MR) is 385 cm³/mol. The number of nitrogens with one attached hydrogen (secondary N) is 6. The van der Waals surface area contributed by atoms with E-state index < -0.39 is 0 Å². The van der Waals surface area contributed by atoms with Crippen LogP contribution < -0.4 is 31.9 Å². The molecule has 9 aromatic rings. The third kappa shape index (κ3) is 19.9. The number of rotatable bonds is 22. The third-order valence-electron chi connectivity index (χ3n) is 17.0. The highest BCUT2D eigenvalue weighted by atomic mass is 16.3. The number of amides is 6. The molecule has 0 spiro atoms. The van der Waals surface area contributed by atoms with Crippen molar-refractivity contribution in [2.24, 2.45) is 17.8 Å². The number of benzene rings is 6. The van der Waals surface area contributed by atoms with E-state index in [0.29, 0.717) is 107 Å². The van der Waals surface area contributed by atoms with Crippen LogP contribution in [0.15, 0.2) is 152 Å². The number of aromatic hydroxyl groups is 3. The zero-order valence-electron chi connectivity index (χ0n) is 57.6. The Morgan fingerprint density at radius 3 is 1.17 bits per heavy atom. The number of aromatic nitrogens is 6. The molecule has 21 heteroatoms. The summed E-state index contributed by atoms with van der Waals surface area (Å²) in [5.41, 5.74) is 12.8. The van der Waals surface area contributed by atoms with E-state index >= 15 is 0 Å². The molecule has 3 aromatic heterocycles. The van der Waals surface area contributed by atoms with Crippen molar-refractivity contribution in [3.63, 3.8) is 0 Å². The summed E-state index contributed by atoms with van der Waals surface area (Å²) < 4.78 is 4.26. The van der Waals surface area contributed by atoms with Gasteiger partial charge in [-0.05, 0) is 153 Å². The van der Waals surface area contributed by atoms with Crippen molar-refractivity contribution in [2.45, 2.75) is 150 Å². The first-order valence-corrected chi connectivity index (χ1v) is 34.2. The number of anilines is 3. The van der Waals surface area contributed by atoms with Crippen LogP contribution >= 0.6 is 0 Å². The summed E-state index contributed by atoms with van der Waals surface area (Å²) in [6.45, 7) is 17.2. The Morgan fingerprint density at radius 2 is 0.798 bits per heavy atom. The molecular formula is C78H90N12O9. The lowest BCUT2D eigenvalue weighted by atomic mass is 10.1. The molecule has 99 heavy (non-hydrogen) atoms. The number of phenols is 3. The highest BCUT2D eigenvalue weighted by molar-refractivity contribution is 5.93. The van der Waals surface area contributed by atoms with E-state index in [1.165, 1.54) is 32.2 Å². The van der Waals surface area contributed by atoms with E-state index in [9.17, 15) is 44.1 Å². The number of hydrogen-bond acceptors (Lipinski definition) is 12. The van der Waals surface area contributed by atoms with Crippen LogP contribution in [0.25, 0.3) is 33.8 Å². The second kappa shape index (κ2) is 32.5. The monoisotopic (exact) mass is 1340 g/mol. The van der Waals surface area contributed by atoms with E-state index in [4.69, 9.17) is 0 Å². The molecule has 0 radical (unpaired) electrons. The van der Waals surface area contributed by atoms with E-state index in [1.807, 2.05) is 152 Å². The lowest BCUT2D eigenvalue weighted by Crippen LogP contribution is -2.32. The Hall–Kier alpha value is -10.8. The van der Waals surface area contributed by atoms with Crippen molar-refractivity contribution >= 4 is 52.9 Å². The second-order valence-electron chi connectivity index (χ2n) is 27.3. The molecule has 0 bridgehead atoms. The van der Waals surface area contributed by atoms with Gasteiger partial charge in [0.25, 0.3) is 0 Å². The standard InChI is InChI=1S/3C26H30N4O3/c1-16(2)11-25(32)28-20-9-10-21(24(31)13-20)22-14-23(19-7-8-19)30(29-22)26(33)27-15-18-6-4-5-17(3)12-18;1-16(2)12-25(32)28-20-10-11-21(24(31)13-20)22-14-23(18-8-9-18)30(29-22)26(33)27-15-19-7-5-4-6-17(19)3;1-17(2)14-25(32)28-20-10-11-21(24(31)15-20)22-16-23(19-8-9-19)30(29-22)26(33)27-13-12-18-6-4-3-5-7-18/h4-6,9-10,12-14,16,19,31H,7-8,11,15H2,1-3H3,(H,27,33)(H,28,32);4-7,10-11,13-14,16,18,31H,8-9,12,15H2,1-3H3,(H,27,33)(H,28,32);3-7,10-11,15-17,19,31H,8-9,12-14H2,1-2H3,(H,27,33)(H,28,32). The highest BCUT2D eigenvalue weighted by Gasteiger charge is 2.34. The Bertz CT molecular complexity index is 4360. The van der Waals surface area contributed by atoms with Gasteiger partial charge in [-0.25, -0.2) is 14.4 Å². The topological polar surface area (TPSA) is 289 Å². The van der Waals surface area contributed by atoms with E-state index in [1.54, 1.807) is 36.4 Å². The summed E-state index contributed by atoms with van der Waals surface area (Å²) in [4.78, 5) is 74.8. The summed E-state index contributed by atoms with van der Waals surface area (Å²) in [5, 5.41) is 62.6. The van der Waals surface area contributed by atoms with Crippen LogP contribution in [-0.4, -0.2) is 87.0 Å². The smallest absolute Gasteiger partial charge is 0.342 e. The molecule has 0 aliphatic heterocycles. The van der Waals surface area contributed by atoms with Crippen molar-refractivity contribution in [1.29, 1.82) is 0 Å². The molecular weight excluding hydrogens is 1250 g/mol. The van der Waals surface area contributed by atoms with Gasteiger partial charge >= 0.3 is 18.1 Å². The van der Waals surface area contributed by atoms with E-state index in [0.717, 1.165) is 89.8 Å². The van der Waals surface area contributed by atoms with Gasteiger partial charge in [-0.15, -0.1) is 0 Å². The van der Waals surface area contributed by atoms with Gasteiger partial charge in [0.05, 0.1) is 34.2 Å². The number of carbonyl (C=O) groups is 6. The molecule has 12 rings (SSSR count). The molecule has 3 aliphatic rings. The SMILES string of the molecule is CC(C)CC(=O)Nc1ccc(-c2cc(C3CC3)n(C(=O)NCCc3ccccc3)n2)c(O)c1.Cc1cccc(CNC(=O)n2nc(-c3ccc(NC(=O)CC(C)C)cc3O)cc2C2CC2)c1.Cc1ccccc1CNC(=O)n1nc(-c2ccc(NC(=O)CC(C)C)cc2O)cc1C1CC1. The first kappa shape index (κ1) is 71.0. The van der Waals surface area contributed by atoms with E-state index in [2.05, 4.69) is 47.2 Å². The minimum atomic E-state index is -0.290. The van der Waals surface area contributed by atoms with Gasteiger partial charge in [-0.1, -0.05) is 126 Å². The Kier molecular flexibility index (Phi) is 23.3. The van der Waals surface area contributed by atoms with Gasteiger partial charge < -0.3 is 47.2 Å². The van der Waals surface area contributed by atoms with Gasteiger partial charge in [0, 0.05) is 109 Å². The summed E-state index contributed by atoms with van der Waals surface area (Å²) in [6, 6.07) is 45.6. The van der Waals surface area contributed by atoms with Crippen molar-refractivity contribution < 1.29 is 44.1 Å². The van der Waals surface area contributed by atoms with Crippen molar-refractivity contribution in [1.82, 2.24) is 45.3 Å². The van der Waals surface area contributed by atoms with Crippen molar-refractivity contribution in [2.75, 3.05) is 22.5 Å². The molecule has 6 aromatic carbocycles. The fraction of sp³-hybridized carbons (Fsp3) is 0.346. The summed E-state index contributed by atoms with van der Waals surface area (Å²) >= 11 is 0. The highest BCUT2D eigenvalue weighted by Crippen LogP contribution is 2.45. The van der Waals surface area contributed by atoms with Gasteiger partial charge in [-0.3, -0.25) is 14.4 Å². The van der Waals surface area contributed by atoms with Crippen LogP contribution in [0.1, 0.15) is 162 Å². The number of hydrogen-bond donors (Lipinski definition) is 9. The quantitative estimate of drug-likeness (QED) is 0.0306.